The topological polar surface area (TPSA) is 42.3 Å². The number of aromatic nitrogens is 2. The molecular formula is C14H26N4O. The highest BCUT2D eigenvalue weighted by Gasteiger charge is 2.17. The molecule has 0 bridgehead atoms. The number of nitrogens with zero attached hydrogens (tertiary/aromatic N) is 3. The van der Waals surface area contributed by atoms with Crippen LogP contribution in [0.1, 0.15) is 23.9 Å². The molecule has 1 unspecified atom stereocenters. The van der Waals surface area contributed by atoms with Gasteiger partial charge in [-0.15, -0.1) is 0 Å². The van der Waals surface area contributed by atoms with Crippen LogP contribution in [0.4, 0.5) is 0 Å². The minimum Gasteiger partial charge on any atom is -0.374 e. The van der Waals surface area contributed by atoms with Gasteiger partial charge in [-0.25, -0.2) is 0 Å². The summed E-state index contributed by atoms with van der Waals surface area (Å²) in [6, 6.07) is 0. The Kier molecular flexibility index (Phi) is 4.96. The number of likely N-dealkylation sites (N-methyl/N-ethyl adjacent to an activating group) is 1. The van der Waals surface area contributed by atoms with Gasteiger partial charge in [0.25, 0.3) is 0 Å². The number of nitrogens with one attached hydrogen (secondary N) is 1. The van der Waals surface area contributed by atoms with E-state index in [2.05, 4.69) is 47.8 Å². The van der Waals surface area contributed by atoms with E-state index < -0.39 is 0 Å². The summed E-state index contributed by atoms with van der Waals surface area (Å²) in [7, 11) is 2.15. The summed E-state index contributed by atoms with van der Waals surface area (Å²) in [5.41, 5.74) is 3.73. The summed E-state index contributed by atoms with van der Waals surface area (Å²) in [4.78, 5) is 2.32. The summed E-state index contributed by atoms with van der Waals surface area (Å²) >= 11 is 0. The van der Waals surface area contributed by atoms with Crippen LogP contribution in [0.2, 0.25) is 0 Å². The van der Waals surface area contributed by atoms with E-state index in [0.717, 1.165) is 45.0 Å². The Morgan fingerprint density at radius 1 is 1.42 bits per heavy atom. The normalized spacial score (nSPS) is 20.9. The molecule has 1 aromatic rings. The van der Waals surface area contributed by atoms with E-state index in [4.69, 9.17) is 4.74 Å². The Labute approximate surface area is 115 Å². The maximum atomic E-state index is 5.75. The second-order valence-electron chi connectivity index (χ2n) is 5.35. The number of aryl methyl sites for hydroxylation is 2. The molecular weight excluding hydrogens is 240 g/mol. The van der Waals surface area contributed by atoms with Gasteiger partial charge in [-0.1, -0.05) is 0 Å². The van der Waals surface area contributed by atoms with Crippen molar-refractivity contribution >= 4 is 0 Å². The van der Waals surface area contributed by atoms with Crippen LogP contribution < -0.4 is 5.32 Å². The highest BCUT2D eigenvalue weighted by atomic mass is 16.5. The summed E-state index contributed by atoms with van der Waals surface area (Å²) < 4.78 is 7.81. The lowest BCUT2D eigenvalue weighted by Gasteiger charge is -2.30. The molecule has 0 spiro atoms. The van der Waals surface area contributed by atoms with E-state index in [1.54, 1.807) is 0 Å². The van der Waals surface area contributed by atoms with Crippen LogP contribution in [0.25, 0.3) is 0 Å². The summed E-state index contributed by atoms with van der Waals surface area (Å²) in [6.45, 7) is 12.0. The predicted octanol–water partition coefficient (Wildman–Crippen LogP) is 0.940. The molecule has 1 saturated heterocycles. The van der Waals surface area contributed by atoms with Crippen molar-refractivity contribution in [3.63, 3.8) is 0 Å². The SMILES string of the molecule is CCn1nc(C)c(CNCC2CN(C)CCO2)c1C. The van der Waals surface area contributed by atoms with Gasteiger partial charge in [0.05, 0.1) is 18.4 Å². The van der Waals surface area contributed by atoms with Crippen LogP contribution in [0.5, 0.6) is 0 Å². The third kappa shape index (κ3) is 3.55. The van der Waals surface area contributed by atoms with Gasteiger partial charge < -0.3 is 15.0 Å². The van der Waals surface area contributed by atoms with Gasteiger partial charge in [-0.05, 0) is 27.8 Å². The van der Waals surface area contributed by atoms with Crippen LogP contribution in [0.3, 0.4) is 0 Å². The molecule has 0 aromatic carbocycles. The minimum atomic E-state index is 0.306. The van der Waals surface area contributed by atoms with Crippen LogP contribution in [-0.4, -0.2) is 54.1 Å². The molecule has 5 nitrogen and oxygen atoms in total. The Hall–Kier alpha value is -0.910. The lowest BCUT2D eigenvalue weighted by atomic mass is 10.2. The Morgan fingerprint density at radius 2 is 2.21 bits per heavy atom. The molecule has 1 aliphatic heterocycles. The van der Waals surface area contributed by atoms with Crippen molar-refractivity contribution in [2.75, 3.05) is 33.3 Å². The molecule has 0 amide bonds. The smallest absolute Gasteiger partial charge is 0.0826 e. The average molecular weight is 266 g/mol. The first-order chi connectivity index (χ1) is 9.11. The van der Waals surface area contributed by atoms with Crippen molar-refractivity contribution in [2.45, 2.75) is 40.0 Å². The van der Waals surface area contributed by atoms with Gasteiger partial charge in [0.15, 0.2) is 0 Å². The Bertz CT molecular complexity index is 416. The maximum absolute atomic E-state index is 5.75. The molecule has 1 fully saturated rings. The average Bonchev–Trinajstić information content (AvgIpc) is 2.66. The van der Waals surface area contributed by atoms with E-state index >= 15 is 0 Å². The first-order valence-corrected chi connectivity index (χ1v) is 7.15. The monoisotopic (exact) mass is 266 g/mol. The van der Waals surface area contributed by atoms with Gasteiger partial charge >= 0.3 is 0 Å². The van der Waals surface area contributed by atoms with Crippen molar-refractivity contribution in [1.29, 1.82) is 0 Å². The second kappa shape index (κ2) is 6.50. The lowest BCUT2D eigenvalue weighted by Crippen LogP contribution is -2.44. The molecule has 19 heavy (non-hydrogen) atoms. The van der Waals surface area contributed by atoms with Crippen molar-refractivity contribution in [3.05, 3.63) is 17.0 Å². The summed E-state index contributed by atoms with van der Waals surface area (Å²) in [6.07, 6.45) is 0.306. The van der Waals surface area contributed by atoms with Gasteiger partial charge in [-0.2, -0.15) is 5.10 Å². The molecule has 0 radical (unpaired) electrons. The van der Waals surface area contributed by atoms with Gasteiger partial charge in [0.2, 0.25) is 0 Å². The van der Waals surface area contributed by atoms with Crippen molar-refractivity contribution < 1.29 is 4.74 Å². The largest absolute Gasteiger partial charge is 0.374 e. The molecule has 1 N–H and O–H groups in total. The molecule has 108 valence electrons. The first kappa shape index (κ1) is 14.5. The molecule has 5 heteroatoms. The first-order valence-electron chi connectivity index (χ1n) is 7.15. The number of ether oxygens (including phenoxy) is 1. The fraction of sp³-hybridized carbons (Fsp3) is 0.786. The van der Waals surface area contributed by atoms with Gasteiger partial charge in [0, 0.05) is 44.0 Å². The number of morpholine rings is 1. The minimum absolute atomic E-state index is 0.306. The lowest BCUT2D eigenvalue weighted by molar-refractivity contribution is -0.0182. The molecule has 1 aromatic heterocycles. The fourth-order valence-corrected chi connectivity index (χ4v) is 2.65. The molecule has 0 saturated carbocycles. The molecule has 0 aliphatic carbocycles. The van der Waals surface area contributed by atoms with Crippen LogP contribution in [0, 0.1) is 13.8 Å². The number of hydrogen-bond donors (Lipinski definition) is 1. The third-order valence-electron chi connectivity index (χ3n) is 3.85. The molecule has 2 heterocycles. The third-order valence-corrected chi connectivity index (χ3v) is 3.85. The predicted molar refractivity (Wildman–Crippen MR) is 76.3 cm³/mol. The van der Waals surface area contributed by atoms with Crippen molar-refractivity contribution in [3.8, 4) is 0 Å². The van der Waals surface area contributed by atoms with Crippen molar-refractivity contribution in [2.24, 2.45) is 0 Å². The van der Waals surface area contributed by atoms with E-state index in [9.17, 15) is 0 Å². The van der Waals surface area contributed by atoms with Crippen LogP contribution in [0.15, 0.2) is 0 Å². The molecule has 1 aliphatic rings. The highest BCUT2D eigenvalue weighted by Crippen LogP contribution is 2.12. The number of rotatable bonds is 5. The zero-order chi connectivity index (χ0) is 13.8. The van der Waals surface area contributed by atoms with Gasteiger partial charge in [-0.3, -0.25) is 4.68 Å². The Balaban J connectivity index is 1.84. The van der Waals surface area contributed by atoms with Crippen molar-refractivity contribution in [1.82, 2.24) is 20.0 Å². The number of hydrogen-bond acceptors (Lipinski definition) is 4. The van der Waals surface area contributed by atoms with Gasteiger partial charge in [0.1, 0.15) is 0 Å². The fourth-order valence-electron chi connectivity index (χ4n) is 2.65. The molecule has 2 rings (SSSR count). The summed E-state index contributed by atoms with van der Waals surface area (Å²) in [5, 5.41) is 8.05. The Morgan fingerprint density at radius 3 is 2.84 bits per heavy atom. The van der Waals surface area contributed by atoms with E-state index in [-0.39, 0.29) is 0 Å². The standard InChI is InChI=1S/C14H26N4O/c1-5-18-12(3)14(11(2)16-18)9-15-8-13-10-17(4)6-7-19-13/h13,15H,5-10H2,1-4H3. The van der Waals surface area contributed by atoms with E-state index in [1.165, 1.54) is 11.3 Å². The zero-order valence-electron chi connectivity index (χ0n) is 12.6. The quantitative estimate of drug-likeness (QED) is 0.861. The van der Waals surface area contributed by atoms with Crippen LogP contribution in [-0.2, 0) is 17.8 Å². The second-order valence-corrected chi connectivity index (χ2v) is 5.35. The van der Waals surface area contributed by atoms with Crippen LogP contribution >= 0.6 is 0 Å². The highest BCUT2D eigenvalue weighted by molar-refractivity contribution is 5.24. The molecule has 1 atom stereocenters. The van der Waals surface area contributed by atoms with E-state index in [1.807, 2.05) is 0 Å². The summed E-state index contributed by atoms with van der Waals surface area (Å²) in [5.74, 6) is 0. The maximum Gasteiger partial charge on any atom is 0.0826 e. The van der Waals surface area contributed by atoms with E-state index in [0.29, 0.717) is 6.10 Å². The zero-order valence-corrected chi connectivity index (χ0v) is 12.6.